The lowest BCUT2D eigenvalue weighted by molar-refractivity contribution is 0.139. The van der Waals surface area contributed by atoms with Crippen LogP contribution in [0.5, 0.6) is 0 Å². The molecule has 0 aliphatic carbocycles. The number of hydrogen-bond acceptors (Lipinski definition) is 3. The van der Waals surface area contributed by atoms with Gasteiger partial charge in [-0.3, -0.25) is 4.79 Å². The molecular weight excluding hydrogens is 406 g/mol. The normalized spacial score (nSPS) is 19.6. The van der Waals surface area contributed by atoms with Gasteiger partial charge in [-0.15, -0.1) is 11.8 Å². The van der Waals surface area contributed by atoms with Gasteiger partial charge in [-0.1, -0.05) is 30.3 Å². The number of aromatic nitrogens is 1. The van der Waals surface area contributed by atoms with Crippen LogP contribution in [0.1, 0.15) is 18.0 Å². The van der Waals surface area contributed by atoms with Crippen LogP contribution in [0.2, 0.25) is 0 Å². The molecule has 1 fully saturated rings. The van der Waals surface area contributed by atoms with Crippen LogP contribution in [0.3, 0.4) is 0 Å². The number of amides is 2. The van der Waals surface area contributed by atoms with Gasteiger partial charge in [0.25, 0.3) is 5.56 Å². The largest absolute Gasteiger partial charge is 0.324 e. The van der Waals surface area contributed by atoms with Gasteiger partial charge in [0.2, 0.25) is 0 Å². The van der Waals surface area contributed by atoms with E-state index in [2.05, 4.69) is 23.5 Å². The van der Waals surface area contributed by atoms with Crippen molar-refractivity contribution in [3.05, 3.63) is 82.8 Å². The minimum Gasteiger partial charge on any atom is -0.324 e. The second-order valence-electron chi connectivity index (χ2n) is 8.32. The molecule has 2 aromatic carbocycles. The maximum Gasteiger partial charge on any atom is 0.321 e. The highest BCUT2D eigenvalue weighted by Crippen LogP contribution is 2.36. The fraction of sp³-hybridized carbons (Fsp3) is 0.280. The van der Waals surface area contributed by atoms with Gasteiger partial charge in [-0.05, 0) is 60.6 Å². The van der Waals surface area contributed by atoms with Gasteiger partial charge >= 0.3 is 6.03 Å². The van der Waals surface area contributed by atoms with Crippen LogP contribution in [0.15, 0.2) is 76.4 Å². The molecule has 2 aliphatic rings. The Morgan fingerprint density at radius 2 is 1.74 bits per heavy atom. The Balaban J connectivity index is 1.39. The average Bonchev–Trinajstić information content (AvgIpc) is 2.80. The molecule has 3 heterocycles. The summed E-state index contributed by atoms with van der Waals surface area (Å²) < 4.78 is 1.95. The molecule has 0 saturated carbocycles. The molecule has 2 bridgehead atoms. The van der Waals surface area contributed by atoms with Crippen LogP contribution in [0.25, 0.3) is 11.1 Å². The number of nitrogens with one attached hydrogen (secondary N) is 1. The third-order valence-corrected chi connectivity index (χ3v) is 7.06. The van der Waals surface area contributed by atoms with Gasteiger partial charge in [-0.2, -0.15) is 0 Å². The summed E-state index contributed by atoms with van der Waals surface area (Å²) in [6.45, 7) is 1.97. The van der Waals surface area contributed by atoms with Gasteiger partial charge < -0.3 is 14.8 Å². The van der Waals surface area contributed by atoms with E-state index in [9.17, 15) is 9.59 Å². The molecule has 0 radical (unpaired) electrons. The van der Waals surface area contributed by atoms with Crippen LogP contribution < -0.4 is 10.9 Å². The summed E-state index contributed by atoms with van der Waals surface area (Å²) >= 11 is 1.69. The molecule has 2 amide bonds. The zero-order chi connectivity index (χ0) is 21.4. The first-order chi connectivity index (χ1) is 15.1. The number of anilines is 1. The number of likely N-dealkylation sites (tertiary alicyclic amines) is 1. The summed E-state index contributed by atoms with van der Waals surface area (Å²) in [5.41, 5.74) is 3.62. The molecule has 6 heteroatoms. The van der Waals surface area contributed by atoms with Crippen molar-refractivity contribution in [2.24, 2.45) is 5.92 Å². The zero-order valence-corrected chi connectivity index (χ0v) is 18.3. The standard InChI is InChI=1S/C25H25N3O2S/c1-31-21-9-7-18(8-10-21)22-11-12-23-19-13-17(15-28(23)24(22)29)14-27(16-19)25(30)26-20-5-3-2-4-6-20/h2-12,17,19H,13-16H2,1H3,(H,26,30). The molecule has 5 nitrogen and oxygen atoms in total. The Kier molecular flexibility index (Phi) is 5.32. The Hall–Kier alpha value is -2.99. The predicted octanol–water partition coefficient (Wildman–Crippen LogP) is 4.89. The lowest BCUT2D eigenvalue weighted by Crippen LogP contribution is -2.50. The second kappa shape index (κ2) is 8.27. The van der Waals surface area contributed by atoms with E-state index in [4.69, 9.17) is 0 Å². The number of fused-ring (bicyclic) bond motifs is 4. The van der Waals surface area contributed by atoms with E-state index in [0.29, 0.717) is 25.6 Å². The van der Waals surface area contributed by atoms with Gasteiger partial charge in [0, 0.05) is 47.4 Å². The number of benzene rings is 2. The van der Waals surface area contributed by atoms with E-state index in [1.807, 2.05) is 64.3 Å². The molecule has 158 valence electrons. The minimum atomic E-state index is -0.0674. The van der Waals surface area contributed by atoms with E-state index in [-0.39, 0.29) is 17.5 Å². The fourth-order valence-electron chi connectivity index (χ4n) is 4.83. The van der Waals surface area contributed by atoms with Gasteiger partial charge in [0.05, 0.1) is 0 Å². The molecule has 1 N–H and O–H groups in total. The fourth-order valence-corrected chi connectivity index (χ4v) is 5.23. The maximum absolute atomic E-state index is 13.3. The number of para-hydroxylation sites is 1. The third kappa shape index (κ3) is 3.88. The second-order valence-corrected chi connectivity index (χ2v) is 9.20. The summed E-state index contributed by atoms with van der Waals surface area (Å²) in [4.78, 5) is 29.2. The SMILES string of the molecule is CSc1ccc(-c2ccc3n(c2=O)CC2CC3CN(C(=O)Nc3ccccc3)C2)cc1. The summed E-state index contributed by atoms with van der Waals surface area (Å²) in [6.07, 6.45) is 3.07. The van der Waals surface area contributed by atoms with Crippen LogP contribution in [-0.4, -0.2) is 34.8 Å². The van der Waals surface area contributed by atoms with E-state index < -0.39 is 0 Å². The van der Waals surface area contributed by atoms with Crippen molar-refractivity contribution < 1.29 is 4.79 Å². The number of pyridine rings is 1. The van der Waals surface area contributed by atoms with Gasteiger partial charge in [0.15, 0.2) is 0 Å². The number of urea groups is 1. The Morgan fingerprint density at radius 3 is 2.48 bits per heavy atom. The van der Waals surface area contributed by atoms with Crippen molar-refractivity contribution in [1.29, 1.82) is 0 Å². The number of rotatable bonds is 3. The average molecular weight is 432 g/mol. The molecule has 3 aromatic rings. The first-order valence-electron chi connectivity index (χ1n) is 10.6. The van der Waals surface area contributed by atoms with E-state index in [1.165, 1.54) is 4.90 Å². The molecule has 2 atom stereocenters. The van der Waals surface area contributed by atoms with Crippen molar-refractivity contribution in [2.75, 3.05) is 24.7 Å². The molecule has 5 rings (SSSR count). The smallest absolute Gasteiger partial charge is 0.321 e. The van der Waals surface area contributed by atoms with Gasteiger partial charge in [-0.25, -0.2) is 4.79 Å². The van der Waals surface area contributed by atoms with E-state index in [1.54, 1.807) is 11.8 Å². The summed E-state index contributed by atoms with van der Waals surface area (Å²) in [5.74, 6) is 0.481. The van der Waals surface area contributed by atoms with Crippen molar-refractivity contribution >= 4 is 23.5 Å². The first kappa shape index (κ1) is 19.9. The topological polar surface area (TPSA) is 54.3 Å². The molecule has 31 heavy (non-hydrogen) atoms. The quantitative estimate of drug-likeness (QED) is 0.601. The molecule has 2 unspecified atom stereocenters. The minimum absolute atomic E-state index is 0.0674. The summed E-state index contributed by atoms with van der Waals surface area (Å²) in [5, 5.41) is 2.99. The molecule has 2 aliphatic heterocycles. The Bertz CT molecular complexity index is 1160. The van der Waals surface area contributed by atoms with Crippen molar-refractivity contribution in [1.82, 2.24) is 9.47 Å². The highest BCUT2D eigenvalue weighted by molar-refractivity contribution is 7.98. The number of carbonyl (C=O) groups is 1. The Labute approximate surface area is 186 Å². The van der Waals surface area contributed by atoms with Gasteiger partial charge in [0.1, 0.15) is 0 Å². The Morgan fingerprint density at radius 1 is 0.968 bits per heavy atom. The molecule has 0 spiro atoms. The van der Waals surface area contributed by atoms with Crippen LogP contribution in [0.4, 0.5) is 10.5 Å². The van der Waals surface area contributed by atoms with E-state index >= 15 is 0 Å². The monoisotopic (exact) mass is 431 g/mol. The van der Waals surface area contributed by atoms with Crippen LogP contribution in [-0.2, 0) is 6.54 Å². The summed E-state index contributed by atoms with van der Waals surface area (Å²) in [7, 11) is 0. The molecular formula is C25H25N3O2S. The molecule has 1 saturated heterocycles. The van der Waals surface area contributed by atoms with E-state index in [0.717, 1.165) is 28.9 Å². The number of hydrogen-bond donors (Lipinski definition) is 1. The van der Waals surface area contributed by atoms with Crippen LogP contribution in [0, 0.1) is 5.92 Å². The van der Waals surface area contributed by atoms with Crippen molar-refractivity contribution in [2.45, 2.75) is 23.8 Å². The lowest BCUT2D eigenvalue weighted by Gasteiger charge is -2.42. The number of piperidine rings is 1. The summed E-state index contributed by atoms with van der Waals surface area (Å²) in [6, 6.07) is 21.7. The highest BCUT2D eigenvalue weighted by atomic mass is 32.2. The van der Waals surface area contributed by atoms with Crippen molar-refractivity contribution in [3.8, 4) is 11.1 Å². The first-order valence-corrected chi connectivity index (χ1v) is 11.8. The number of thioether (sulfide) groups is 1. The third-order valence-electron chi connectivity index (χ3n) is 6.32. The lowest BCUT2D eigenvalue weighted by atomic mass is 9.83. The van der Waals surface area contributed by atoms with Crippen molar-refractivity contribution in [3.63, 3.8) is 0 Å². The number of nitrogens with zero attached hydrogens (tertiary/aromatic N) is 2. The number of carbonyl (C=O) groups excluding carboxylic acids is 1. The highest BCUT2D eigenvalue weighted by Gasteiger charge is 2.36. The van der Waals surface area contributed by atoms with Crippen LogP contribution >= 0.6 is 11.8 Å². The predicted molar refractivity (Wildman–Crippen MR) is 126 cm³/mol. The maximum atomic E-state index is 13.3. The zero-order valence-electron chi connectivity index (χ0n) is 17.5. The molecule has 1 aromatic heterocycles.